The molecule has 1 aliphatic carbocycles. The highest BCUT2D eigenvalue weighted by atomic mass is 19.2. The molecule has 0 bridgehead atoms. The first-order valence-corrected chi connectivity index (χ1v) is 4.47. The maximum Gasteiger partial charge on any atom is 0.197 e. The molecular formula is C10H8F4O. The van der Waals surface area contributed by atoms with E-state index in [4.69, 9.17) is 0 Å². The summed E-state index contributed by atoms with van der Waals surface area (Å²) in [5.41, 5.74) is -1.40. The van der Waals surface area contributed by atoms with E-state index in [1.807, 2.05) is 0 Å². The van der Waals surface area contributed by atoms with Crippen LogP contribution in [0.5, 0.6) is 0 Å². The molecule has 1 aromatic carbocycles. The summed E-state index contributed by atoms with van der Waals surface area (Å²) in [4.78, 5) is 0. The van der Waals surface area contributed by atoms with Crippen molar-refractivity contribution in [3.63, 3.8) is 0 Å². The maximum atomic E-state index is 13.1. The van der Waals surface area contributed by atoms with Crippen LogP contribution in [0.1, 0.15) is 18.4 Å². The summed E-state index contributed by atoms with van der Waals surface area (Å²) in [5, 5.41) is 9.45. The topological polar surface area (TPSA) is 20.2 Å². The molecule has 0 radical (unpaired) electrons. The second-order valence-corrected chi connectivity index (χ2v) is 3.86. The third-order valence-electron chi connectivity index (χ3n) is 2.52. The van der Waals surface area contributed by atoms with Crippen LogP contribution in [0.15, 0.2) is 6.07 Å². The molecule has 2 rings (SSSR count). The first-order chi connectivity index (χ1) is 6.93. The van der Waals surface area contributed by atoms with Gasteiger partial charge < -0.3 is 5.11 Å². The Kier molecular flexibility index (Phi) is 2.22. The zero-order chi connectivity index (χ0) is 11.2. The third kappa shape index (κ3) is 1.84. The Balaban J connectivity index is 2.39. The van der Waals surface area contributed by atoms with Crippen LogP contribution in [-0.2, 0) is 6.42 Å². The van der Waals surface area contributed by atoms with Gasteiger partial charge >= 0.3 is 0 Å². The molecule has 0 unspecified atom stereocenters. The third-order valence-corrected chi connectivity index (χ3v) is 2.52. The number of benzene rings is 1. The van der Waals surface area contributed by atoms with Crippen LogP contribution in [0.25, 0.3) is 0 Å². The smallest absolute Gasteiger partial charge is 0.197 e. The van der Waals surface area contributed by atoms with Gasteiger partial charge in [-0.05, 0) is 24.5 Å². The van der Waals surface area contributed by atoms with Crippen molar-refractivity contribution in [2.75, 3.05) is 0 Å². The lowest BCUT2D eigenvalue weighted by Gasteiger charge is -2.09. The first kappa shape index (κ1) is 10.4. The second-order valence-electron chi connectivity index (χ2n) is 3.86. The lowest BCUT2D eigenvalue weighted by atomic mass is 10.1. The van der Waals surface area contributed by atoms with E-state index in [1.165, 1.54) is 0 Å². The van der Waals surface area contributed by atoms with Crippen molar-refractivity contribution in [2.24, 2.45) is 0 Å². The van der Waals surface area contributed by atoms with Gasteiger partial charge in [0.2, 0.25) is 0 Å². The van der Waals surface area contributed by atoms with E-state index in [0.29, 0.717) is 18.9 Å². The molecule has 0 atom stereocenters. The first-order valence-electron chi connectivity index (χ1n) is 4.47. The predicted octanol–water partition coefficient (Wildman–Crippen LogP) is 2.31. The van der Waals surface area contributed by atoms with Crippen molar-refractivity contribution in [2.45, 2.75) is 24.9 Å². The summed E-state index contributed by atoms with van der Waals surface area (Å²) in [5.74, 6) is -6.50. The fourth-order valence-corrected chi connectivity index (χ4v) is 1.43. The Morgan fingerprint density at radius 1 is 1.07 bits per heavy atom. The lowest BCUT2D eigenvalue weighted by molar-refractivity contribution is 0.149. The van der Waals surface area contributed by atoms with Gasteiger partial charge in [-0.15, -0.1) is 0 Å². The monoisotopic (exact) mass is 220 g/mol. The van der Waals surface area contributed by atoms with Crippen molar-refractivity contribution in [1.82, 2.24) is 0 Å². The Labute approximate surface area is 83.3 Å². The Morgan fingerprint density at radius 3 is 2.20 bits per heavy atom. The van der Waals surface area contributed by atoms with E-state index in [1.54, 1.807) is 0 Å². The van der Waals surface area contributed by atoms with Crippen LogP contribution in [0.2, 0.25) is 0 Å². The van der Waals surface area contributed by atoms with E-state index in [9.17, 15) is 22.7 Å². The molecule has 0 amide bonds. The van der Waals surface area contributed by atoms with E-state index in [2.05, 4.69) is 0 Å². The van der Waals surface area contributed by atoms with Gasteiger partial charge in [0, 0.05) is 6.42 Å². The minimum Gasteiger partial charge on any atom is -0.390 e. The van der Waals surface area contributed by atoms with Crippen LogP contribution in [0.4, 0.5) is 17.6 Å². The zero-order valence-corrected chi connectivity index (χ0v) is 7.66. The predicted molar refractivity (Wildman–Crippen MR) is 44.2 cm³/mol. The quantitative estimate of drug-likeness (QED) is 0.460. The van der Waals surface area contributed by atoms with Gasteiger partial charge in [-0.1, -0.05) is 0 Å². The SMILES string of the molecule is OC1(Cc2cc(F)c(F)c(F)c2F)CC1. The summed E-state index contributed by atoms with van der Waals surface area (Å²) < 4.78 is 51.2. The fraction of sp³-hybridized carbons (Fsp3) is 0.400. The van der Waals surface area contributed by atoms with E-state index >= 15 is 0 Å². The molecule has 1 aromatic rings. The average Bonchev–Trinajstić information content (AvgIpc) is 2.89. The van der Waals surface area contributed by atoms with Crippen LogP contribution >= 0.6 is 0 Å². The highest BCUT2D eigenvalue weighted by Crippen LogP contribution is 2.39. The molecule has 1 fully saturated rings. The molecule has 0 saturated heterocycles. The normalized spacial score (nSPS) is 17.9. The number of hydrogen-bond acceptors (Lipinski definition) is 1. The van der Waals surface area contributed by atoms with Crippen molar-refractivity contribution < 1.29 is 22.7 Å². The van der Waals surface area contributed by atoms with Crippen molar-refractivity contribution in [1.29, 1.82) is 0 Å². The molecule has 82 valence electrons. The number of aliphatic hydroxyl groups is 1. The van der Waals surface area contributed by atoms with E-state index in [0.717, 1.165) is 0 Å². The largest absolute Gasteiger partial charge is 0.390 e. The minimum absolute atomic E-state index is 0.188. The Bertz CT molecular complexity index is 412. The highest BCUT2D eigenvalue weighted by molar-refractivity contribution is 5.24. The van der Waals surface area contributed by atoms with E-state index < -0.39 is 28.9 Å². The fourth-order valence-electron chi connectivity index (χ4n) is 1.43. The van der Waals surface area contributed by atoms with Gasteiger partial charge in [0.15, 0.2) is 23.3 Å². The lowest BCUT2D eigenvalue weighted by Crippen LogP contribution is -2.14. The molecule has 0 aromatic heterocycles. The summed E-state index contributed by atoms with van der Waals surface area (Å²) in [6, 6.07) is 0.587. The van der Waals surface area contributed by atoms with Gasteiger partial charge in [0.1, 0.15) is 0 Å². The Hall–Kier alpha value is -1.10. The highest BCUT2D eigenvalue weighted by Gasteiger charge is 2.41. The maximum absolute atomic E-state index is 13.1. The molecule has 0 aliphatic heterocycles. The van der Waals surface area contributed by atoms with Crippen LogP contribution in [-0.4, -0.2) is 10.7 Å². The average molecular weight is 220 g/mol. The molecule has 0 heterocycles. The minimum atomic E-state index is -1.82. The molecule has 1 aliphatic rings. The van der Waals surface area contributed by atoms with Gasteiger partial charge in [0.25, 0.3) is 0 Å². The molecule has 1 nitrogen and oxygen atoms in total. The van der Waals surface area contributed by atoms with Gasteiger partial charge in [0.05, 0.1) is 5.60 Å². The second kappa shape index (κ2) is 3.20. The summed E-state index contributed by atoms with van der Waals surface area (Å²) >= 11 is 0. The van der Waals surface area contributed by atoms with Crippen LogP contribution in [0, 0.1) is 23.3 Å². The van der Waals surface area contributed by atoms with Gasteiger partial charge in [-0.2, -0.15) is 0 Å². The number of rotatable bonds is 2. The zero-order valence-electron chi connectivity index (χ0n) is 7.66. The number of halogens is 4. The molecule has 5 heteroatoms. The standard InChI is InChI=1S/C10H8F4O/c11-6-3-5(4-10(15)1-2-10)7(12)9(14)8(6)13/h3,15H,1-2,4H2. The van der Waals surface area contributed by atoms with Crippen molar-refractivity contribution in [3.05, 3.63) is 34.9 Å². The van der Waals surface area contributed by atoms with Crippen molar-refractivity contribution in [3.8, 4) is 0 Å². The summed E-state index contributed by atoms with van der Waals surface area (Å²) in [7, 11) is 0. The van der Waals surface area contributed by atoms with Crippen molar-refractivity contribution >= 4 is 0 Å². The molecule has 0 spiro atoms. The number of hydrogen-bond donors (Lipinski definition) is 1. The molecular weight excluding hydrogens is 212 g/mol. The summed E-state index contributed by atoms with van der Waals surface area (Å²) in [6.07, 6.45) is 0.743. The van der Waals surface area contributed by atoms with E-state index in [-0.39, 0.29) is 12.0 Å². The Morgan fingerprint density at radius 2 is 1.67 bits per heavy atom. The molecule has 15 heavy (non-hydrogen) atoms. The summed E-state index contributed by atoms with van der Waals surface area (Å²) in [6.45, 7) is 0. The van der Waals surface area contributed by atoms with Gasteiger partial charge in [-0.25, -0.2) is 17.6 Å². The van der Waals surface area contributed by atoms with Gasteiger partial charge in [-0.3, -0.25) is 0 Å². The van der Waals surface area contributed by atoms with Crippen LogP contribution in [0.3, 0.4) is 0 Å². The molecule has 1 N–H and O–H groups in total. The molecule has 1 saturated carbocycles. The van der Waals surface area contributed by atoms with Crippen LogP contribution < -0.4 is 0 Å².